The quantitative estimate of drug-likeness (QED) is 0.371. The van der Waals surface area contributed by atoms with Gasteiger partial charge in [0.05, 0.1) is 18.0 Å². The Morgan fingerprint density at radius 2 is 1.46 bits per heavy atom. The van der Waals surface area contributed by atoms with E-state index in [-0.39, 0.29) is 18.0 Å². The molecule has 5 rings (SSSR count). The first kappa shape index (κ1) is 26.1. The van der Waals surface area contributed by atoms with Crippen LogP contribution in [0.5, 0.6) is 0 Å². The van der Waals surface area contributed by atoms with Crippen LogP contribution in [-0.2, 0) is 29.7 Å². The van der Waals surface area contributed by atoms with Gasteiger partial charge < -0.3 is 20.2 Å². The van der Waals surface area contributed by atoms with Crippen molar-refractivity contribution in [2.75, 3.05) is 13.1 Å². The maximum Gasteiger partial charge on any atom is 0.243 e. The first-order chi connectivity index (χ1) is 18.1. The molecular formula is C27H39N7O2S. The fourth-order valence-corrected chi connectivity index (χ4v) is 6.99. The van der Waals surface area contributed by atoms with Gasteiger partial charge in [0.25, 0.3) is 0 Å². The average Bonchev–Trinajstić information content (AvgIpc) is 3.57. The first-order valence-electron chi connectivity index (χ1n) is 13.6. The number of aromatic nitrogens is 4. The van der Waals surface area contributed by atoms with Crippen LogP contribution >= 0.6 is 0 Å². The Morgan fingerprint density at radius 1 is 0.865 bits per heavy atom. The molecule has 0 radical (unpaired) electrons. The van der Waals surface area contributed by atoms with Crippen LogP contribution in [0.15, 0.2) is 53.9 Å². The highest BCUT2D eigenvalue weighted by Crippen LogP contribution is 2.26. The number of hydrogen-bond donors (Lipinski definition) is 3. The SMILES string of the molecule is O=S(=O)(c1ccc(CN[C@H]2CC[C@H](N3CCCCCC3)CC2)cc1)N(Cc1ncc[nH]1)Cc1ncc[nH]1. The molecule has 1 aliphatic carbocycles. The molecule has 2 aromatic heterocycles. The number of benzene rings is 1. The number of likely N-dealkylation sites (tertiary alicyclic amines) is 1. The Bertz CT molecular complexity index is 1130. The summed E-state index contributed by atoms with van der Waals surface area (Å²) >= 11 is 0. The molecule has 1 aliphatic heterocycles. The van der Waals surface area contributed by atoms with Crippen LogP contribution < -0.4 is 5.32 Å². The summed E-state index contributed by atoms with van der Waals surface area (Å²) in [6, 6.07) is 8.54. The zero-order valence-electron chi connectivity index (χ0n) is 21.5. The number of rotatable bonds is 10. The molecule has 3 aromatic rings. The van der Waals surface area contributed by atoms with Gasteiger partial charge in [0, 0.05) is 43.4 Å². The normalized spacial score (nSPS) is 21.8. The molecule has 0 spiro atoms. The van der Waals surface area contributed by atoms with E-state index in [1.807, 2.05) is 12.1 Å². The fraction of sp³-hybridized carbons (Fsp3) is 0.556. The predicted octanol–water partition coefficient (Wildman–Crippen LogP) is 3.80. The average molecular weight is 526 g/mol. The highest BCUT2D eigenvalue weighted by molar-refractivity contribution is 7.89. The molecule has 3 N–H and O–H groups in total. The number of aromatic amines is 2. The van der Waals surface area contributed by atoms with E-state index in [0.29, 0.717) is 17.7 Å². The van der Waals surface area contributed by atoms with Gasteiger partial charge in [0.2, 0.25) is 10.0 Å². The molecule has 1 aromatic carbocycles. The van der Waals surface area contributed by atoms with Crippen molar-refractivity contribution >= 4 is 10.0 Å². The molecule has 9 nitrogen and oxygen atoms in total. The molecular weight excluding hydrogens is 486 g/mol. The van der Waals surface area contributed by atoms with Gasteiger partial charge in [-0.25, -0.2) is 18.4 Å². The lowest BCUT2D eigenvalue weighted by atomic mass is 9.90. The van der Waals surface area contributed by atoms with Crippen molar-refractivity contribution < 1.29 is 8.42 Å². The van der Waals surface area contributed by atoms with E-state index in [0.717, 1.165) is 18.2 Å². The maximum absolute atomic E-state index is 13.5. The van der Waals surface area contributed by atoms with Gasteiger partial charge in [-0.1, -0.05) is 25.0 Å². The van der Waals surface area contributed by atoms with Crippen LogP contribution in [-0.4, -0.2) is 62.7 Å². The van der Waals surface area contributed by atoms with Crippen molar-refractivity contribution in [3.8, 4) is 0 Å². The Kier molecular flexibility index (Phi) is 8.70. The second-order valence-electron chi connectivity index (χ2n) is 10.3. The lowest BCUT2D eigenvalue weighted by Gasteiger charge is -2.36. The van der Waals surface area contributed by atoms with Crippen molar-refractivity contribution in [3.63, 3.8) is 0 Å². The molecule has 1 saturated carbocycles. The van der Waals surface area contributed by atoms with Crippen LogP contribution in [0, 0.1) is 0 Å². The van der Waals surface area contributed by atoms with E-state index in [1.54, 1.807) is 36.9 Å². The molecule has 0 bridgehead atoms. The minimum Gasteiger partial charge on any atom is -0.347 e. The number of nitrogens with one attached hydrogen (secondary N) is 3. The summed E-state index contributed by atoms with van der Waals surface area (Å²) in [7, 11) is -3.74. The van der Waals surface area contributed by atoms with Crippen molar-refractivity contribution in [3.05, 3.63) is 66.3 Å². The van der Waals surface area contributed by atoms with Gasteiger partial charge in [0.1, 0.15) is 11.6 Å². The molecule has 200 valence electrons. The zero-order chi connectivity index (χ0) is 25.5. The van der Waals surface area contributed by atoms with Crippen LogP contribution in [0.3, 0.4) is 0 Å². The van der Waals surface area contributed by atoms with Gasteiger partial charge in [0.15, 0.2) is 0 Å². The largest absolute Gasteiger partial charge is 0.347 e. The molecule has 37 heavy (non-hydrogen) atoms. The van der Waals surface area contributed by atoms with Gasteiger partial charge in [-0.15, -0.1) is 0 Å². The number of sulfonamides is 1. The monoisotopic (exact) mass is 525 g/mol. The van der Waals surface area contributed by atoms with E-state index in [2.05, 4.69) is 30.2 Å². The highest BCUT2D eigenvalue weighted by Gasteiger charge is 2.28. The summed E-state index contributed by atoms with van der Waals surface area (Å²) in [5, 5.41) is 3.71. The fourth-order valence-electron chi connectivity index (χ4n) is 5.62. The van der Waals surface area contributed by atoms with Crippen molar-refractivity contribution in [2.45, 2.75) is 88.0 Å². The lowest BCUT2D eigenvalue weighted by molar-refractivity contribution is 0.148. The number of hydrogen-bond acceptors (Lipinski definition) is 6. The van der Waals surface area contributed by atoms with E-state index in [9.17, 15) is 8.42 Å². The van der Waals surface area contributed by atoms with Crippen LogP contribution in [0.25, 0.3) is 0 Å². The molecule has 2 fully saturated rings. The third-order valence-electron chi connectivity index (χ3n) is 7.77. The summed E-state index contributed by atoms with van der Waals surface area (Å²) in [4.78, 5) is 17.4. The molecule has 2 aliphatic rings. The Balaban J connectivity index is 1.16. The Labute approximate surface area is 220 Å². The van der Waals surface area contributed by atoms with E-state index in [1.165, 1.54) is 68.8 Å². The summed E-state index contributed by atoms with van der Waals surface area (Å²) in [6.07, 6.45) is 17.1. The Morgan fingerprint density at radius 3 is 2.00 bits per heavy atom. The van der Waals surface area contributed by atoms with Crippen LogP contribution in [0.2, 0.25) is 0 Å². The van der Waals surface area contributed by atoms with Gasteiger partial charge >= 0.3 is 0 Å². The van der Waals surface area contributed by atoms with Crippen molar-refractivity contribution in [2.24, 2.45) is 0 Å². The zero-order valence-corrected chi connectivity index (χ0v) is 22.3. The van der Waals surface area contributed by atoms with E-state index in [4.69, 9.17) is 0 Å². The van der Waals surface area contributed by atoms with Crippen LogP contribution in [0.4, 0.5) is 0 Å². The molecule has 0 amide bonds. The molecule has 10 heteroatoms. The number of imidazole rings is 2. The van der Waals surface area contributed by atoms with Gasteiger partial charge in [-0.3, -0.25) is 0 Å². The van der Waals surface area contributed by atoms with Gasteiger partial charge in [-0.2, -0.15) is 4.31 Å². The minimum atomic E-state index is -3.74. The molecule has 3 heterocycles. The third kappa shape index (κ3) is 6.87. The lowest BCUT2D eigenvalue weighted by Crippen LogP contribution is -2.42. The number of H-pyrrole nitrogens is 2. The van der Waals surface area contributed by atoms with E-state index < -0.39 is 10.0 Å². The standard InChI is InChI=1S/C27H39N7O2S/c35-37(36,34(20-26-28-13-14-29-26)21-27-30-15-16-31-27)25-11-5-22(6-12-25)19-32-23-7-9-24(10-8-23)33-17-3-1-2-4-18-33/h5-6,11-16,23-24,32H,1-4,7-10,17-21H2,(H,28,29)(H,30,31)/t23-,24-. The maximum atomic E-state index is 13.5. The van der Waals surface area contributed by atoms with E-state index >= 15 is 0 Å². The summed E-state index contributed by atoms with van der Waals surface area (Å²) < 4.78 is 28.4. The highest BCUT2D eigenvalue weighted by atomic mass is 32.2. The smallest absolute Gasteiger partial charge is 0.243 e. The first-order valence-corrected chi connectivity index (χ1v) is 15.0. The number of nitrogens with zero attached hydrogens (tertiary/aromatic N) is 4. The topological polar surface area (TPSA) is 110 Å². The van der Waals surface area contributed by atoms with Gasteiger partial charge in [-0.05, 0) is 69.3 Å². The van der Waals surface area contributed by atoms with Crippen LogP contribution in [0.1, 0.15) is 68.6 Å². The molecule has 0 unspecified atom stereocenters. The summed E-state index contributed by atoms with van der Waals surface area (Å²) in [5.41, 5.74) is 1.09. The summed E-state index contributed by atoms with van der Waals surface area (Å²) in [6.45, 7) is 3.58. The van der Waals surface area contributed by atoms with Crippen molar-refractivity contribution in [1.82, 2.24) is 34.5 Å². The Hall–Kier alpha value is -2.53. The minimum absolute atomic E-state index is 0.138. The second kappa shape index (κ2) is 12.3. The third-order valence-corrected chi connectivity index (χ3v) is 9.58. The van der Waals surface area contributed by atoms with Crippen molar-refractivity contribution in [1.29, 1.82) is 0 Å². The molecule has 0 atom stereocenters. The summed E-state index contributed by atoms with van der Waals surface area (Å²) in [5.74, 6) is 1.17. The predicted molar refractivity (Wildman–Crippen MR) is 143 cm³/mol. The molecule has 1 saturated heterocycles. The second-order valence-corrected chi connectivity index (χ2v) is 12.3.